The lowest BCUT2D eigenvalue weighted by atomic mass is 9.87. The van der Waals surface area contributed by atoms with Gasteiger partial charge >= 0.3 is 11.3 Å². The summed E-state index contributed by atoms with van der Waals surface area (Å²) in [6.07, 6.45) is 0.161. The standard InChI is InChI=1S/C25H20N4O7/c1-15(26-27-20-12-11-17(28(32)33)14-21(20)29(34)35)13-19(16-7-3-2-4-8-16)23-24(30)18-9-5-6-10-22(18)36-25(23)31/h2-12,14,19,27,30H,13H2,1H3/t19-/m0/s1. The number of hydrazone groups is 1. The Labute approximate surface area is 203 Å². The third-order valence-corrected chi connectivity index (χ3v) is 5.63. The maximum Gasteiger partial charge on any atom is 0.343 e. The van der Waals surface area contributed by atoms with Gasteiger partial charge in [-0.15, -0.1) is 0 Å². The highest BCUT2D eigenvalue weighted by Crippen LogP contribution is 2.36. The monoisotopic (exact) mass is 488 g/mol. The molecule has 36 heavy (non-hydrogen) atoms. The molecule has 1 heterocycles. The third-order valence-electron chi connectivity index (χ3n) is 5.63. The lowest BCUT2D eigenvalue weighted by molar-refractivity contribution is -0.393. The largest absolute Gasteiger partial charge is 0.507 e. The van der Waals surface area contributed by atoms with E-state index in [2.05, 4.69) is 10.5 Å². The maximum absolute atomic E-state index is 12.9. The Morgan fingerprint density at radius 1 is 1.03 bits per heavy atom. The number of hydrogen-bond donors (Lipinski definition) is 2. The number of para-hydroxylation sites is 1. The van der Waals surface area contributed by atoms with Gasteiger partial charge in [0.2, 0.25) is 0 Å². The van der Waals surface area contributed by atoms with Gasteiger partial charge in [0, 0.05) is 17.7 Å². The minimum absolute atomic E-state index is 0.0331. The quantitative estimate of drug-likeness (QED) is 0.146. The molecule has 1 atom stereocenters. The van der Waals surface area contributed by atoms with E-state index in [9.17, 15) is 30.1 Å². The Kier molecular flexibility index (Phi) is 6.72. The third kappa shape index (κ3) is 4.89. The molecule has 0 unspecified atom stereocenters. The topological polar surface area (TPSA) is 161 Å². The predicted molar refractivity (Wildman–Crippen MR) is 134 cm³/mol. The lowest BCUT2D eigenvalue weighted by Crippen LogP contribution is -2.17. The summed E-state index contributed by atoms with van der Waals surface area (Å²) in [7, 11) is 0. The molecule has 182 valence electrons. The molecule has 0 radical (unpaired) electrons. The maximum atomic E-state index is 12.9. The van der Waals surface area contributed by atoms with E-state index in [0.29, 0.717) is 11.1 Å². The zero-order valence-electron chi connectivity index (χ0n) is 19.0. The number of nitrogens with zero attached hydrogens (tertiary/aromatic N) is 3. The highest BCUT2D eigenvalue weighted by atomic mass is 16.6. The van der Waals surface area contributed by atoms with E-state index in [1.54, 1.807) is 55.5 Å². The van der Waals surface area contributed by atoms with E-state index in [-0.39, 0.29) is 29.0 Å². The molecular weight excluding hydrogens is 468 g/mol. The minimum Gasteiger partial charge on any atom is -0.507 e. The zero-order valence-corrected chi connectivity index (χ0v) is 19.0. The fourth-order valence-corrected chi connectivity index (χ4v) is 3.90. The van der Waals surface area contributed by atoms with E-state index >= 15 is 0 Å². The van der Waals surface area contributed by atoms with Crippen molar-refractivity contribution in [1.82, 2.24) is 0 Å². The lowest BCUT2D eigenvalue weighted by Gasteiger charge is -2.18. The zero-order chi connectivity index (χ0) is 25.8. The minimum atomic E-state index is -0.745. The van der Waals surface area contributed by atoms with Gasteiger partial charge in [0.15, 0.2) is 0 Å². The molecule has 4 aromatic rings. The van der Waals surface area contributed by atoms with Crippen LogP contribution in [0.2, 0.25) is 0 Å². The Morgan fingerprint density at radius 3 is 2.42 bits per heavy atom. The molecule has 0 aliphatic heterocycles. The van der Waals surface area contributed by atoms with Crippen molar-refractivity contribution in [3.05, 3.63) is 115 Å². The van der Waals surface area contributed by atoms with Crippen LogP contribution in [0.5, 0.6) is 5.75 Å². The van der Waals surface area contributed by atoms with Crippen LogP contribution < -0.4 is 11.1 Å². The summed E-state index contributed by atoms with van der Waals surface area (Å²) in [6, 6.07) is 18.9. The van der Waals surface area contributed by atoms with Gasteiger partial charge in [-0.3, -0.25) is 25.7 Å². The first-order chi connectivity index (χ1) is 17.3. The summed E-state index contributed by atoms with van der Waals surface area (Å²) >= 11 is 0. The molecular formula is C25H20N4O7. The number of nitrogens with one attached hydrogen (secondary N) is 1. The Balaban J connectivity index is 1.71. The molecule has 2 N–H and O–H groups in total. The first-order valence-electron chi connectivity index (χ1n) is 10.8. The van der Waals surface area contributed by atoms with Crippen molar-refractivity contribution in [2.45, 2.75) is 19.3 Å². The molecule has 0 aliphatic rings. The number of benzene rings is 3. The van der Waals surface area contributed by atoms with Crippen molar-refractivity contribution in [3.63, 3.8) is 0 Å². The van der Waals surface area contributed by atoms with Crippen LogP contribution >= 0.6 is 0 Å². The number of anilines is 1. The van der Waals surface area contributed by atoms with E-state index < -0.39 is 32.8 Å². The van der Waals surface area contributed by atoms with Gasteiger partial charge in [0.25, 0.3) is 5.69 Å². The van der Waals surface area contributed by atoms with Gasteiger partial charge in [-0.1, -0.05) is 42.5 Å². The second kappa shape index (κ2) is 10.1. The van der Waals surface area contributed by atoms with Crippen LogP contribution in [0.25, 0.3) is 11.0 Å². The van der Waals surface area contributed by atoms with Crippen LogP contribution in [0.4, 0.5) is 17.1 Å². The Bertz CT molecular complexity index is 1550. The number of hydrogen-bond acceptors (Lipinski definition) is 9. The van der Waals surface area contributed by atoms with Crippen LogP contribution in [0, 0.1) is 20.2 Å². The number of nitro groups is 2. The van der Waals surface area contributed by atoms with Crippen molar-refractivity contribution < 1.29 is 19.4 Å². The molecule has 11 nitrogen and oxygen atoms in total. The summed E-state index contributed by atoms with van der Waals surface area (Å²) in [5, 5.41) is 38.0. The first kappa shape index (κ1) is 24.1. The van der Waals surface area contributed by atoms with Gasteiger partial charge < -0.3 is 9.52 Å². The molecule has 11 heteroatoms. The molecule has 0 bridgehead atoms. The van der Waals surface area contributed by atoms with Gasteiger partial charge in [0.1, 0.15) is 17.0 Å². The molecule has 4 rings (SSSR count). The highest BCUT2D eigenvalue weighted by Gasteiger charge is 2.26. The van der Waals surface area contributed by atoms with E-state index in [4.69, 9.17) is 4.42 Å². The molecule has 0 aliphatic carbocycles. The molecule has 0 spiro atoms. The number of non-ortho nitro benzene ring substituents is 1. The van der Waals surface area contributed by atoms with E-state index in [1.807, 2.05) is 6.07 Å². The predicted octanol–water partition coefficient (Wildman–Crippen LogP) is 5.33. The fourth-order valence-electron chi connectivity index (χ4n) is 3.90. The summed E-state index contributed by atoms with van der Waals surface area (Å²) in [6.45, 7) is 1.65. The highest BCUT2D eigenvalue weighted by molar-refractivity contribution is 5.87. The fraction of sp³-hybridized carbons (Fsp3) is 0.120. The SMILES string of the molecule is CC(C[C@@H](c1ccccc1)c1c(O)c2ccccc2oc1=O)=NNc1ccc([N+](=O)[O-])cc1[N+](=O)[O-]. The second-order valence-corrected chi connectivity index (χ2v) is 7.99. The number of aromatic hydroxyl groups is 1. The van der Waals surface area contributed by atoms with Crippen LogP contribution in [0.3, 0.4) is 0 Å². The van der Waals surface area contributed by atoms with E-state index in [1.165, 1.54) is 6.07 Å². The van der Waals surface area contributed by atoms with Crippen molar-refractivity contribution in [2.75, 3.05) is 5.43 Å². The van der Waals surface area contributed by atoms with Gasteiger partial charge in [-0.25, -0.2) is 4.79 Å². The van der Waals surface area contributed by atoms with E-state index in [0.717, 1.165) is 17.7 Å². The van der Waals surface area contributed by atoms with Gasteiger partial charge in [0.05, 0.1) is 26.9 Å². The first-order valence-corrected chi connectivity index (χ1v) is 10.8. The molecule has 3 aromatic carbocycles. The Morgan fingerprint density at radius 2 is 1.72 bits per heavy atom. The number of nitro benzene ring substituents is 2. The number of rotatable bonds is 8. The van der Waals surface area contributed by atoms with Gasteiger partial charge in [-0.2, -0.15) is 5.10 Å². The summed E-state index contributed by atoms with van der Waals surface area (Å²) in [4.78, 5) is 33.8. The average Bonchev–Trinajstić information content (AvgIpc) is 2.87. The average molecular weight is 488 g/mol. The Hall–Kier alpha value is -5.06. The van der Waals surface area contributed by atoms with Crippen LogP contribution in [-0.4, -0.2) is 20.7 Å². The molecule has 0 amide bonds. The van der Waals surface area contributed by atoms with Crippen molar-refractivity contribution in [3.8, 4) is 5.75 Å². The summed E-state index contributed by atoms with van der Waals surface area (Å²) in [5.74, 6) is -0.827. The normalized spacial score (nSPS) is 12.3. The van der Waals surface area contributed by atoms with Crippen LogP contribution in [0.1, 0.15) is 30.4 Å². The summed E-state index contributed by atoms with van der Waals surface area (Å²) in [5.41, 5.74) is 2.44. The summed E-state index contributed by atoms with van der Waals surface area (Å²) < 4.78 is 5.46. The molecule has 0 saturated heterocycles. The van der Waals surface area contributed by atoms with Crippen molar-refractivity contribution >= 4 is 33.7 Å². The molecule has 0 fully saturated rings. The smallest absolute Gasteiger partial charge is 0.343 e. The molecule has 1 aromatic heterocycles. The van der Waals surface area contributed by atoms with Crippen molar-refractivity contribution in [2.24, 2.45) is 5.10 Å². The second-order valence-electron chi connectivity index (χ2n) is 7.99. The van der Waals surface area contributed by atoms with Gasteiger partial charge in [-0.05, 0) is 37.1 Å². The van der Waals surface area contributed by atoms with Crippen LogP contribution in [-0.2, 0) is 0 Å². The molecule has 0 saturated carbocycles. The van der Waals surface area contributed by atoms with Crippen molar-refractivity contribution in [1.29, 1.82) is 0 Å². The number of fused-ring (bicyclic) bond motifs is 1. The van der Waals surface area contributed by atoms with Crippen LogP contribution in [0.15, 0.2) is 87.1 Å².